The number of fused-ring (bicyclic) bond motifs is 1. The lowest BCUT2D eigenvalue weighted by molar-refractivity contribution is -0.385. The number of thiophene rings is 1. The number of nitro groups is 2. The normalized spacial score (nSPS) is 11.2. The topological polar surface area (TPSA) is 133 Å². The molecule has 0 saturated carbocycles. The predicted octanol–water partition coefficient (Wildman–Crippen LogP) is 4.89. The number of non-ortho nitro benzene ring substituents is 2. The molecule has 33 heavy (non-hydrogen) atoms. The fourth-order valence-electron chi connectivity index (χ4n) is 3.51. The van der Waals surface area contributed by atoms with E-state index in [1.54, 1.807) is 24.3 Å². The summed E-state index contributed by atoms with van der Waals surface area (Å²) in [5.74, 6) is -0.417. The van der Waals surface area contributed by atoms with Gasteiger partial charge in [-0.3, -0.25) is 25.0 Å². The van der Waals surface area contributed by atoms with Gasteiger partial charge in [0, 0.05) is 57.0 Å². The number of hydrogen-bond donors (Lipinski definition) is 1. The van der Waals surface area contributed by atoms with E-state index < -0.39 is 15.8 Å². The minimum absolute atomic E-state index is 0.0153. The zero-order valence-corrected chi connectivity index (χ0v) is 18.3. The molecule has 0 aliphatic carbocycles. The van der Waals surface area contributed by atoms with E-state index in [-0.39, 0.29) is 11.4 Å². The summed E-state index contributed by atoms with van der Waals surface area (Å²) in [6, 6.07) is 14.2. The Balaban J connectivity index is 1.51. The maximum atomic E-state index is 12.5. The highest BCUT2D eigenvalue weighted by molar-refractivity contribution is 7.20. The van der Waals surface area contributed by atoms with Crippen LogP contribution in [-0.4, -0.2) is 26.5 Å². The lowest BCUT2D eigenvalue weighted by Gasteiger charge is -2.09. The monoisotopic (exact) mass is 463 g/mol. The van der Waals surface area contributed by atoms with Crippen molar-refractivity contribution < 1.29 is 14.6 Å². The maximum absolute atomic E-state index is 12.5. The summed E-state index contributed by atoms with van der Waals surface area (Å²) in [4.78, 5) is 33.7. The highest BCUT2D eigenvalue weighted by Gasteiger charge is 2.14. The number of aryl methyl sites for hydroxylation is 1. The third-order valence-electron chi connectivity index (χ3n) is 5.09. The molecule has 2 aromatic carbocycles. The highest BCUT2D eigenvalue weighted by atomic mass is 32.1. The molecule has 4 rings (SSSR count). The second-order valence-electron chi connectivity index (χ2n) is 7.22. The van der Waals surface area contributed by atoms with E-state index in [2.05, 4.69) is 10.5 Å². The molecule has 10 nitrogen and oxygen atoms in total. The van der Waals surface area contributed by atoms with Gasteiger partial charge in [0.15, 0.2) is 0 Å². The molecule has 0 aliphatic rings. The Labute approximate surface area is 191 Å². The standard InChI is InChI=1S/C22H17N5O5S/c1-13-9-16(14(2)25(13)17-3-5-18(6-4-17)26(29)30)12-23-24-22(28)21-11-15-10-19(27(31)32)7-8-20(15)33-21/h3-12H,1-2H3,(H,24,28). The summed E-state index contributed by atoms with van der Waals surface area (Å²) in [6.45, 7) is 3.79. The molecule has 2 heterocycles. The average Bonchev–Trinajstić information content (AvgIpc) is 3.33. The minimum atomic E-state index is -0.478. The van der Waals surface area contributed by atoms with Gasteiger partial charge in [-0.15, -0.1) is 11.3 Å². The largest absolute Gasteiger partial charge is 0.318 e. The number of nitro benzene ring substituents is 2. The highest BCUT2D eigenvalue weighted by Crippen LogP contribution is 2.29. The van der Waals surface area contributed by atoms with Crippen LogP contribution in [0.3, 0.4) is 0 Å². The third-order valence-corrected chi connectivity index (χ3v) is 6.21. The van der Waals surface area contributed by atoms with E-state index >= 15 is 0 Å². The van der Waals surface area contributed by atoms with Crippen molar-refractivity contribution in [1.29, 1.82) is 0 Å². The number of carbonyl (C=O) groups is 1. The molecule has 4 aromatic rings. The molecule has 0 spiro atoms. The Morgan fingerprint density at radius 2 is 1.67 bits per heavy atom. The van der Waals surface area contributed by atoms with Crippen LogP contribution >= 0.6 is 11.3 Å². The molecular formula is C22H17N5O5S. The third kappa shape index (κ3) is 4.34. The van der Waals surface area contributed by atoms with Gasteiger partial charge in [0.05, 0.1) is 20.9 Å². The van der Waals surface area contributed by atoms with E-state index in [1.807, 2.05) is 24.5 Å². The van der Waals surface area contributed by atoms with Crippen LogP contribution in [0.2, 0.25) is 0 Å². The van der Waals surface area contributed by atoms with Crippen LogP contribution in [0.15, 0.2) is 59.7 Å². The molecule has 1 N–H and O–H groups in total. The number of hydrogen-bond acceptors (Lipinski definition) is 7. The summed E-state index contributed by atoms with van der Waals surface area (Å²) in [7, 11) is 0. The quantitative estimate of drug-likeness (QED) is 0.247. The summed E-state index contributed by atoms with van der Waals surface area (Å²) < 4.78 is 2.70. The number of carbonyl (C=O) groups excluding carboxylic acids is 1. The van der Waals surface area contributed by atoms with E-state index in [4.69, 9.17) is 0 Å². The van der Waals surface area contributed by atoms with Gasteiger partial charge in [-0.1, -0.05) is 0 Å². The molecular weight excluding hydrogens is 446 g/mol. The van der Waals surface area contributed by atoms with Gasteiger partial charge < -0.3 is 4.57 Å². The number of amides is 1. The summed E-state index contributed by atoms with van der Waals surface area (Å²) in [5.41, 5.74) is 5.78. The van der Waals surface area contributed by atoms with Gasteiger partial charge in [-0.05, 0) is 44.2 Å². The molecule has 0 fully saturated rings. The van der Waals surface area contributed by atoms with Crippen molar-refractivity contribution in [3.8, 4) is 5.69 Å². The Morgan fingerprint density at radius 3 is 2.33 bits per heavy atom. The molecule has 11 heteroatoms. The van der Waals surface area contributed by atoms with Gasteiger partial charge >= 0.3 is 0 Å². The van der Waals surface area contributed by atoms with E-state index in [1.165, 1.54) is 41.8 Å². The smallest absolute Gasteiger partial charge is 0.281 e. The summed E-state index contributed by atoms with van der Waals surface area (Å²) in [5, 5.41) is 26.5. The number of hydrazone groups is 1. The first kappa shape index (κ1) is 21.8. The zero-order chi connectivity index (χ0) is 23.7. The predicted molar refractivity (Wildman–Crippen MR) is 125 cm³/mol. The SMILES string of the molecule is Cc1cc(C=NNC(=O)c2cc3cc([N+](=O)[O-])ccc3s2)c(C)n1-c1ccc([N+](=O)[O-])cc1. The number of rotatable bonds is 6. The Kier molecular flexibility index (Phi) is 5.71. The maximum Gasteiger partial charge on any atom is 0.281 e. The lowest BCUT2D eigenvalue weighted by atomic mass is 10.2. The van der Waals surface area contributed by atoms with Crippen LogP contribution < -0.4 is 5.43 Å². The molecule has 0 aliphatic heterocycles. The van der Waals surface area contributed by atoms with Gasteiger partial charge in [0.2, 0.25) is 0 Å². The van der Waals surface area contributed by atoms with Gasteiger partial charge in [-0.25, -0.2) is 5.43 Å². The van der Waals surface area contributed by atoms with E-state index in [0.717, 1.165) is 27.3 Å². The molecule has 2 aromatic heterocycles. The van der Waals surface area contributed by atoms with E-state index in [0.29, 0.717) is 10.3 Å². The summed E-state index contributed by atoms with van der Waals surface area (Å²) >= 11 is 1.22. The van der Waals surface area contributed by atoms with Gasteiger partial charge in [0.1, 0.15) is 0 Å². The van der Waals surface area contributed by atoms with Crippen molar-refractivity contribution in [2.45, 2.75) is 13.8 Å². The average molecular weight is 463 g/mol. The number of nitrogens with zero attached hydrogens (tertiary/aromatic N) is 4. The second kappa shape index (κ2) is 8.63. The van der Waals surface area contributed by atoms with E-state index in [9.17, 15) is 25.0 Å². The molecule has 0 saturated heterocycles. The molecule has 1 amide bonds. The fourth-order valence-corrected chi connectivity index (χ4v) is 4.44. The lowest BCUT2D eigenvalue weighted by Crippen LogP contribution is -2.16. The van der Waals surface area contributed by atoms with Crippen molar-refractivity contribution in [1.82, 2.24) is 9.99 Å². The molecule has 0 radical (unpaired) electrons. The zero-order valence-electron chi connectivity index (χ0n) is 17.5. The van der Waals surface area contributed by atoms with Crippen LogP contribution in [0.5, 0.6) is 0 Å². The van der Waals surface area contributed by atoms with Crippen molar-refractivity contribution >= 4 is 44.9 Å². The van der Waals surface area contributed by atoms with Crippen molar-refractivity contribution in [2.75, 3.05) is 0 Å². The summed E-state index contributed by atoms with van der Waals surface area (Å²) in [6.07, 6.45) is 1.53. The van der Waals surface area contributed by atoms with Gasteiger partial charge in [0.25, 0.3) is 17.3 Å². The van der Waals surface area contributed by atoms with Crippen molar-refractivity contribution in [3.05, 3.63) is 96.7 Å². The first-order valence-corrected chi connectivity index (χ1v) is 10.5. The number of nitrogens with one attached hydrogen (secondary N) is 1. The van der Waals surface area contributed by atoms with Crippen LogP contribution in [0.25, 0.3) is 15.8 Å². The molecule has 166 valence electrons. The number of benzene rings is 2. The molecule has 0 unspecified atom stereocenters. The Morgan fingerprint density at radius 1 is 1.00 bits per heavy atom. The second-order valence-corrected chi connectivity index (χ2v) is 8.31. The van der Waals surface area contributed by atoms with Crippen LogP contribution in [0, 0.1) is 34.1 Å². The van der Waals surface area contributed by atoms with Gasteiger partial charge in [-0.2, -0.15) is 5.10 Å². The Hall–Kier alpha value is -4.38. The first-order chi connectivity index (χ1) is 15.7. The van der Waals surface area contributed by atoms with Crippen LogP contribution in [-0.2, 0) is 0 Å². The number of aromatic nitrogens is 1. The van der Waals surface area contributed by atoms with Crippen molar-refractivity contribution in [3.63, 3.8) is 0 Å². The Bertz CT molecular complexity index is 1440. The minimum Gasteiger partial charge on any atom is -0.318 e. The van der Waals surface area contributed by atoms with Crippen molar-refractivity contribution in [2.24, 2.45) is 5.10 Å². The van der Waals surface area contributed by atoms with Crippen LogP contribution in [0.4, 0.5) is 11.4 Å². The fraction of sp³-hybridized carbons (Fsp3) is 0.0909. The molecule has 0 bridgehead atoms. The first-order valence-electron chi connectivity index (χ1n) is 9.70. The molecule has 0 atom stereocenters. The van der Waals surface area contributed by atoms with Crippen LogP contribution in [0.1, 0.15) is 26.6 Å².